The first-order chi connectivity index (χ1) is 16.2. The highest BCUT2D eigenvalue weighted by Gasteiger charge is 2.25. The average Bonchev–Trinajstić information content (AvgIpc) is 2.86. The summed E-state index contributed by atoms with van der Waals surface area (Å²) in [6, 6.07) is 8.17. The van der Waals surface area contributed by atoms with Gasteiger partial charge in [-0.05, 0) is 51.5 Å². The highest BCUT2D eigenvalue weighted by Crippen LogP contribution is 2.43. The van der Waals surface area contributed by atoms with Crippen LogP contribution < -0.4 is 19.7 Å². The predicted molar refractivity (Wildman–Crippen MR) is 131 cm³/mol. The van der Waals surface area contributed by atoms with Crippen LogP contribution in [0.4, 0.5) is 22.9 Å². The first-order valence-electron chi connectivity index (χ1n) is 11.5. The number of hydrogen-bond acceptors (Lipinski definition) is 9. The number of ether oxygens (including phenoxy) is 3. The summed E-state index contributed by atoms with van der Waals surface area (Å²) in [7, 11) is 1.58. The summed E-state index contributed by atoms with van der Waals surface area (Å²) in [5.41, 5.74) is 2.55. The van der Waals surface area contributed by atoms with Crippen LogP contribution in [-0.4, -0.2) is 68.7 Å². The Bertz CT molecular complexity index is 951. The van der Waals surface area contributed by atoms with Crippen molar-refractivity contribution in [2.45, 2.75) is 44.8 Å². The van der Waals surface area contributed by atoms with Gasteiger partial charge in [0.05, 0.1) is 32.1 Å². The second-order valence-corrected chi connectivity index (χ2v) is 8.15. The molecule has 1 aromatic heterocycles. The highest BCUT2D eigenvalue weighted by molar-refractivity contribution is 5.80. The van der Waals surface area contributed by atoms with Gasteiger partial charge in [0.25, 0.3) is 0 Å². The summed E-state index contributed by atoms with van der Waals surface area (Å²) in [5.74, 6) is 2.01. The monoisotopic (exact) mass is 452 g/mol. The summed E-state index contributed by atoms with van der Waals surface area (Å²) in [5, 5.41) is 11.7. The van der Waals surface area contributed by atoms with E-state index in [4.69, 9.17) is 14.2 Å². The lowest BCUT2D eigenvalue weighted by Crippen LogP contribution is -2.36. The van der Waals surface area contributed by atoms with Gasteiger partial charge in [-0.25, -0.2) is 0 Å². The molecule has 2 heterocycles. The number of anilines is 2. The molecule has 9 nitrogen and oxygen atoms in total. The predicted octanol–water partition coefficient (Wildman–Crippen LogP) is 4.18. The Balaban J connectivity index is 1.43. The molecule has 1 saturated heterocycles. The first kappa shape index (κ1) is 23.0. The third-order valence-corrected chi connectivity index (χ3v) is 6.01. The number of nitrogens with zero attached hydrogens (tertiary/aromatic N) is 5. The lowest BCUT2D eigenvalue weighted by atomic mass is 9.93. The summed E-state index contributed by atoms with van der Waals surface area (Å²) >= 11 is 0. The van der Waals surface area contributed by atoms with Gasteiger partial charge in [0.2, 0.25) is 5.88 Å². The van der Waals surface area contributed by atoms with Crippen LogP contribution in [0, 0.1) is 0 Å². The number of benzene rings is 1. The van der Waals surface area contributed by atoms with Crippen LogP contribution in [0.3, 0.4) is 0 Å². The van der Waals surface area contributed by atoms with Crippen molar-refractivity contribution in [1.29, 1.82) is 0 Å². The summed E-state index contributed by atoms with van der Waals surface area (Å²) in [6.07, 6.45) is 5.73. The molecule has 1 aromatic carbocycles. The van der Waals surface area contributed by atoms with Gasteiger partial charge in [0.1, 0.15) is 17.3 Å². The lowest BCUT2D eigenvalue weighted by molar-refractivity contribution is 0.122. The van der Waals surface area contributed by atoms with E-state index in [9.17, 15) is 0 Å². The van der Waals surface area contributed by atoms with Crippen molar-refractivity contribution < 1.29 is 14.2 Å². The van der Waals surface area contributed by atoms with Crippen LogP contribution >= 0.6 is 0 Å². The fraction of sp³-hybridized carbons (Fsp3) is 0.500. The quantitative estimate of drug-likeness (QED) is 0.601. The maximum atomic E-state index is 6.49. The number of aromatic nitrogens is 2. The number of nitrogens with one attached hydrogen (secondary N) is 1. The SMILES string of the molecule is C=Nc1c(N=CC)cc(N2CCOCC2)cc1OC1CCC(Nc2ccc(OC)nn2)CC1. The van der Waals surface area contributed by atoms with Crippen molar-refractivity contribution >= 4 is 35.8 Å². The molecule has 0 spiro atoms. The summed E-state index contributed by atoms with van der Waals surface area (Å²) in [4.78, 5) is 11.1. The van der Waals surface area contributed by atoms with Crippen molar-refractivity contribution in [3.05, 3.63) is 24.3 Å². The zero-order chi connectivity index (χ0) is 23.0. The molecule has 0 unspecified atom stereocenters. The van der Waals surface area contributed by atoms with Crippen LogP contribution in [0.15, 0.2) is 34.3 Å². The summed E-state index contributed by atoms with van der Waals surface area (Å²) < 4.78 is 17.1. The number of hydrogen-bond donors (Lipinski definition) is 1. The molecule has 0 atom stereocenters. The van der Waals surface area contributed by atoms with Gasteiger partial charge in [-0.3, -0.25) is 9.98 Å². The van der Waals surface area contributed by atoms with Gasteiger partial charge in [-0.2, -0.15) is 0 Å². The molecule has 0 radical (unpaired) electrons. The summed E-state index contributed by atoms with van der Waals surface area (Å²) in [6.45, 7) is 8.81. The topological polar surface area (TPSA) is 93.5 Å². The molecule has 0 amide bonds. The Hall–Kier alpha value is -3.20. The molecule has 33 heavy (non-hydrogen) atoms. The van der Waals surface area contributed by atoms with Crippen molar-refractivity contribution in [2.75, 3.05) is 43.6 Å². The minimum Gasteiger partial charge on any atom is -0.488 e. The smallest absolute Gasteiger partial charge is 0.233 e. The number of methoxy groups -OCH3 is 1. The van der Waals surface area contributed by atoms with E-state index in [1.165, 1.54) is 0 Å². The zero-order valence-electron chi connectivity index (χ0n) is 19.4. The van der Waals surface area contributed by atoms with E-state index in [-0.39, 0.29) is 6.10 Å². The normalized spacial score (nSPS) is 21.1. The van der Waals surface area contributed by atoms with Gasteiger partial charge in [0.15, 0.2) is 0 Å². The lowest BCUT2D eigenvalue weighted by Gasteiger charge is -2.32. The van der Waals surface area contributed by atoms with E-state index in [0.29, 0.717) is 17.6 Å². The van der Waals surface area contributed by atoms with Crippen LogP contribution in [-0.2, 0) is 4.74 Å². The second kappa shape index (κ2) is 11.1. The van der Waals surface area contributed by atoms with E-state index in [2.05, 4.69) is 49.2 Å². The Morgan fingerprint density at radius 3 is 2.58 bits per heavy atom. The van der Waals surface area contributed by atoms with Crippen molar-refractivity contribution in [1.82, 2.24) is 10.2 Å². The maximum Gasteiger partial charge on any atom is 0.233 e. The molecule has 2 fully saturated rings. The van der Waals surface area contributed by atoms with Gasteiger partial charge in [-0.15, -0.1) is 10.2 Å². The van der Waals surface area contributed by atoms with E-state index < -0.39 is 0 Å². The molecule has 2 aromatic rings. The van der Waals surface area contributed by atoms with Crippen LogP contribution in [0.2, 0.25) is 0 Å². The van der Waals surface area contributed by atoms with Crippen molar-refractivity contribution in [3.63, 3.8) is 0 Å². The first-order valence-corrected chi connectivity index (χ1v) is 11.5. The molecule has 4 rings (SSSR count). The molecule has 9 heteroatoms. The molecule has 1 N–H and O–H groups in total. The van der Waals surface area contributed by atoms with E-state index in [1.54, 1.807) is 13.3 Å². The molecular formula is C24H32N6O3. The van der Waals surface area contributed by atoms with Gasteiger partial charge < -0.3 is 24.4 Å². The Morgan fingerprint density at radius 1 is 1.15 bits per heavy atom. The minimum atomic E-state index is 0.115. The standard InChI is InChI=1S/C24H32N6O3/c1-4-26-20-15-18(30-11-13-32-14-12-30)16-21(24(20)25-2)33-19-7-5-17(6-8-19)27-22-9-10-23(31-3)29-28-22/h4,9-10,15-17,19H,2,5-8,11-14H2,1,3H3,(H,27,28). The van der Waals surface area contributed by atoms with Crippen LogP contribution in [0.5, 0.6) is 11.6 Å². The van der Waals surface area contributed by atoms with Crippen LogP contribution in [0.1, 0.15) is 32.6 Å². The molecule has 1 aliphatic heterocycles. The zero-order valence-corrected chi connectivity index (χ0v) is 19.4. The third-order valence-electron chi connectivity index (χ3n) is 6.01. The molecule has 2 aliphatic rings. The maximum absolute atomic E-state index is 6.49. The van der Waals surface area contributed by atoms with E-state index >= 15 is 0 Å². The van der Waals surface area contributed by atoms with Crippen molar-refractivity contribution in [3.8, 4) is 11.6 Å². The van der Waals surface area contributed by atoms with Crippen molar-refractivity contribution in [2.24, 2.45) is 9.98 Å². The largest absolute Gasteiger partial charge is 0.488 e. The highest BCUT2D eigenvalue weighted by atomic mass is 16.5. The van der Waals surface area contributed by atoms with Crippen LogP contribution in [0.25, 0.3) is 0 Å². The Morgan fingerprint density at radius 2 is 1.94 bits per heavy atom. The number of rotatable bonds is 8. The van der Waals surface area contributed by atoms with E-state index in [1.807, 2.05) is 19.1 Å². The third kappa shape index (κ3) is 5.78. The Labute approximate surface area is 194 Å². The minimum absolute atomic E-state index is 0.115. The molecule has 1 aliphatic carbocycles. The fourth-order valence-corrected chi connectivity index (χ4v) is 4.29. The van der Waals surface area contributed by atoms with Gasteiger partial charge in [-0.1, -0.05) is 0 Å². The molecule has 0 bridgehead atoms. The number of morpholine rings is 1. The van der Waals surface area contributed by atoms with Gasteiger partial charge in [0, 0.05) is 43.2 Å². The fourth-order valence-electron chi connectivity index (χ4n) is 4.29. The Kier molecular flexibility index (Phi) is 7.72. The molecular weight excluding hydrogens is 420 g/mol. The average molecular weight is 453 g/mol. The molecule has 176 valence electrons. The number of aliphatic imine (C=N–C) groups is 2. The second-order valence-electron chi connectivity index (χ2n) is 8.15. The molecule has 1 saturated carbocycles. The van der Waals surface area contributed by atoms with E-state index in [0.717, 1.165) is 74.9 Å². The van der Waals surface area contributed by atoms with Gasteiger partial charge >= 0.3 is 0 Å².